The summed E-state index contributed by atoms with van der Waals surface area (Å²) in [5.74, 6) is 1.20. The first-order valence-corrected chi connectivity index (χ1v) is 9.02. The molecule has 0 atom stereocenters. The van der Waals surface area contributed by atoms with Crippen LogP contribution in [0.1, 0.15) is 19.3 Å². The van der Waals surface area contributed by atoms with Crippen molar-refractivity contribution in [3.8, 4) is 5.75 Å². The van der Waals surface area contributed by atoms with Crippen molar-refractivity contribution in [1.82, 2.24) is 15.1 Å². The predicted octanol–water partition coefficient (Wildman–Crippen LogP) is 2.38. The lowest BCUT2D eigenvalue weighted by Crippen LogP contribution is -2.47. The summed E-state index contributed by atoms with van der Waals surface area (Å²) in [5.41, 5.74) is 0. The molecule has 0 aliphatic carbocycles. The number of guanidine groups is 1. The van der Waals surface area contributed by atoms with Gasteiger partial charge in [-0.05, 0) is 24.6 Å². The number of aliphatic imine (C=N–C) groups is 1. The topological polar surface area (TPSA) is 74.2 Å². The van der Waals surface area contributed by atoms with Crippen molar-refractivity contribution in [2.24, 2.45) is 4.99 Å². The Morgan fingerprint density at radius 3 is 2.67 bits per heavy atom. The van der Waals surface area contributed by atoms with E-state index in [4.69, 9.17) is 16.3 Å². The molecule has 1 N–H and O–H groups in total. The molecule has 1 aliphatic rings. The number of imide groups is 1. The minimum atomic E-state index is -0.0960. The summed E-state index contributed by atoms with van der Waals surface area (Å²) in [6.07, 6.45) is 1.54. The molecule has 0 bridgehead atoms. The molecule has 1 saturated heterocycles. The van der Waals surface area contributed by atoms with Gasteiger partial charge in [0, 0.05) is 45.0 Å². The number of halogens is 2. The van der Waals surface area contributed by atoms with Crippen molar-refractivity contribution in [2.45, 2.75) is 19.3 Å². The highest BCUT2D eigenvalue weighted by molar-refractivity contribution is 14.0. The maximum atomic E-state index is 11.8. The number of ether oxygens (including phenoxy) is 1. The maximum absolute atomic E-state index is 11.8. The van der Waals surface area contributed by atoms with Crippen LogP contribution in [0.4, 0.5) is 0 Å². The molecule has 1 fully saturated rings. The Morgan fingerprint density at radius 1 is 1.33 bits per heavy atom. The van der Waals surface area contributed by atoms with E-state index in [1.165, 1.54) is 4.90 Å². The summed E-state index contributed by atoms with van der Waals surface area (Å²) >= 11 is 5.93. The van der Waals surface area contributed by atoms with Crippen LogP contribution in [-0.2, 0) is 9.59 Å². The quantitative estimate of drug-likeness (QED) is 0.265. The van der Waals surface area contributed by atoms with Gasteiger partial charge in [-0.3, -0.25) is 19.5 Å². The highest BCUT2D eigenvalue weighted by atomic mass is 127. The fourth-order valence-corrected chi connectivity index (χ4v) is 2.86. The Balaban J connectivity index is 0.00000364. The lowest BCUT2D eigenvalue weighted by molar-refractivity contribution is -0.147. The molecule has 2 rings (SSSR count). The molecule has 0 spiro atoms. The van der Waals surface area contributed by atoms with Gasteiger partial charge in [-0.1, -0.05) is 17.7 Å². The van der Waals surface area contributed by atoms with Gasteiger partial charge in [0.2, 0.25) is 11.8 Å². The average Bonchev–Trinajstić information content (AvgIpc) is 2.61. The van der Waals surface area contributed by atoms with Crippen LogP contribution in [0, 0.1) is 0 Å². The third kappa shape index (κ3) is 7.53. The van der Waals surface area contributed by atoms with Crippen LogP contribution in [0.5, 0.6) is 5.75 Å². The molecule has 0 aromatic heterocycles. The van der Waals surface area contributed by atoms with Crippen molar-refractivity contribution < 1.29 is 14.3 Å². The Morgan fingerprint density at radius 2 is 2.04 bits per heavy atom. The van der Waals surface area contributed by atoms with Gasteiger partial charge >= 0.3 is 0 Å². The van der Waals surface area contributed by atoms with E-state index < -0.39 is 0 Å². The zero-order valence-electron chi connectivity index (χ0n) is 15.6. The Kier molecular flexibility index (Phi) is 10.5. The number of carbonyl (C=O) groups is 2. The van der Waals surface area contributed by atoms with Gasteiger partial charge in [0.05, 0.1) is 6.54 Å². The molecule has 150 valence electrons. The summed E-state index contributed by atoms with van der Waals surface area (Å²) in [6.45, 7) is 1.90. The summed E-state index contributed by atoms with van der Waals surface area (Å²) in [6, 6.07) is 7.25. The number of hydrogen-bond donors (Lipinski definition) is 1. The van der Waals surface area contributed by atoms with E-state index in [0.29, 0.717) is 56.5 Å². The Labute approximate surface area is 182 Å². The lowest BCUT2D eigenvalue weighted by Gasteiger charge is -2.26. The van der Waals surface area contributed by atoms with Gasteiger partial charge in [0.25, 0.3) is 0 Å². The average molecular weight is 509 g/mol. The van der Waals surface area contributed by atoms with Crippen LogP contribution in [0.3, 0.4) is 0 Å². The Bertz CT molecular complexity index is 656. The van der Waals surface area contributed by atoms with Crippen LogP contribution in [0.15, 0.2) is 29.3 Å². The fourth-order valence-electron chi connectivity index (χ4n) is 2.68. The van der Waals surface area contributed by atoms with Gasteiger partial charge in [-0.2, -0.15) is 0 Å². The van der Waals surface area contributed by atoms with E-state index in [2.05, 4.69) is 10.3 Å². The van der Waals surface area contributed by atoms with Gasteiger partial charge < -0.3 is 15.0 Å². The maximum Gasteiger partial charge on any atom is 0.229 e. The number of hydrogen-bond acceptors (Lipinski definition) is 4. The molecule has 7 nitrogen and oxygen atoms in total. The van der Waals surface area contributed by atoms with E-state index in [9.17, 15) is 9.59 Å². The third-order valence-corrected chi connectivity index (χ3v) is 4.30. The number of rotatable bonds is 7. The van der Waals surface area contributed by atoms with E-state index in [-0.39, 0.29) is 35.8 Å². The lowest BCUT2D eigenvalue weighted by atomic mass is 10.1. The molecule has 9 heteroatoms. The van der Waals surface area contributed by atoms with Crippen LogP contribution >= 0.6 is 35.6 Å². The third-order valence-electron chi connectivity index (χ3n) is 4.07. The SMILES string of the molecule is CN=C(NCCN1C(=O)CCCC1=O)N(C)CCOc1cccc(Cl)c1.I. The zero-order chi connectivity index (χ0) is 18.9. The molecule has 27 heavy (non-hydrogen) atoms. The molecule has 1 aromatic carbocycles. The zero-order valence-corrected chi connectivity index (χ0v) is 18.7. The molecule has 0 unspecified atom stereocenters. The van der Waals surface area contributed by atoms with Crippen LogP contribution in [-0.4, -0.2) is 67.9 Å². The number of carbonyl (C=O) groups excluding carboxylic acids is 2. The summed E-state index contributed by atoms with van der Waals surface area (Å²) in [4.78, 5) is 31.1. The molecule has 0 saturated carbocycles. The fraction of sp³-hybridized carbons (Fsp3) is 0.500. The van der Waals surface area contributed by atoms with Gasteiger partial charge in [-0.15, -0.1) is 24.0 Å². The molecule has 1 aromatic rings. The molecular weight excluding hydrogens is 483 g/mol. The van der Waals surface area contributed by atoms with Crippen molar-refractivity contribution in [2.75, 3.05) is 40.3 Å². The van der Waals surface area contributed by atoms with Crippen molar-refractivity contribution in [1.29, 1.82) is 0 Å². The van der Waals surface area contributed by atoms with Crippen LogP contribution in [0.25, 0.3) is 0 Å². The number of piperidine rings is 1. The molecule has 2 amide bonds. The van der Waals surface area contributed by atoms with Gasteiger partial charge in [0.1, 0.15) is 12.4 Å². The minimum absolute atomic E-state index is 0. The summed E-state index contributed by atoms with van der Waals surface area (Å²) in [7, 11) is 3.59. The van der Waals surface area contributed by atoms with Crippen LogP contribution < -0.4 is 10.1 Å². The summed E-state index contributed by atoms with van der Waals surface area (Å²) in [5, 5.41) is 3.80. The largest absolute Gasteiger partial charge is 0.492 e. The summed E-state index contributed by atoms with van der Waals surface area (Å²) < 4.78 is 5.67. The van der Waals surface area contributed by atoms with E-state index >= 15 is 0 Å². The van der Waals surface area contributed by atoms with Crippen molar-refractivity contribution in [3.05, 3.63) is 29.3 Å². The molecular formula is C18H26ClIN4O3. The number of nitrogens with zero attached hydrogens (tertiary/aromatic N) is 3. The molecule has 1 heterocycles. The first kappa shape index (κ1) is 23.5. The van der Waals surface area contributed by atoms with Crippen LogP contribution in [0.2, 0.25) is 5.02 Å². The van der Waals surface area contributed by atoms with Gasteiger partial charge in [0.15, 0.2) is 5.96 Å². The van der Waals surface area contributed by atoms with E-state index in [1.807, 2.05) is 24.1 Å². The highest BCUT2D eigenvalue weighted by Crippen LogP contribution is 2.16. The number of amides is 2. The van der Waals surface area contributed by atoms with Crippen molar-refractivity contribution in [3.63, 3.8) is 0 Å². The first-order chi connectivity index (χ1) is 12.5. The second-order valence-corrected chi connectivity index (χ2v) is 6.43. The number of likely N-dealkylation sites (tertiary alicyclic amines) is 1. The molecule has 0 radical (unpaired) electrons. The second-order valence-electron chi connectivity index (χ2n) is 5.99. The minimum Gasteiger partial charge on any atom is -0.492 e. The number of likely N-dealkylation sites (N-methyl/N-ethyl adjacent to an activating group) is 1. The predicted molar refractivity (Wildman–Crippen MR) is 117 cm³/mol. The smallest absolute Gasteiger partial charge is 0.229 e. The Hall–Kier alpha value is -1.55. The number of benzene rings is 1. The van der Waals surface area contributed by atoms with E-state index in [1.54, 1.807) is 19.2 Å². The molecule has 1 aliphatic heterocycles. The van der Waals surface area contributed by atoms with Crippen molar-refractivity contribution >= 4 is 53.4 Å². The normalized spacial score (nSPS) is 14.6. The second kappa shape index (κ2) is 12.0. The van der Waals surface area contributed by atoms with Gasteiger partial charge in [-0.25, -0.2) is 0 Å². The monoisotopic (exact) mass is 508 g/mol. The number of nitrogens with one attached hydrogen (secondary N) is 1. The standard InChI is InChI=1S/C18H25ClN4O3.HI/c1-20-18(21-9-10-23-16(24)7-4-8-17(23)25)22(2)11-12-26-15-6-3-5-14(19)13-15;/h3,5-6,13H,4,7-12H2,1-2H3,(H,20,21);1H. The highest BCUT2D eigenvalue weighted by Gasteiger charge is 2.25. The first-order valence-electron chi connectivity index (χ1n) is 8.64. The van der Waals surface area contributed by atoms with E-state index in [0.717, 1.165) is 5.75 Å².